The molecule has 0 aliphatic rings. The van der Waals surface area contributed by atoms with E-state index in [2.05, 4.69) is 55.6 Å². The van der Waals surface area contributed by atoms with Crippen molar-refractivity contribution in [1.29, 1.82) is 0 Å². The van der Waals surface area contributed by atoms with Crippen molar-refractivity contribution in [3.05, 3.63) is 70.2 Å². The zero-order valence-electron chi connectivity index (χ0n) is 15.3. The van der Waals surface area contributed by atoms with Gasteiger partial charge in [-0.05, 0) is 54.5 Å². The Hall–Kier alpha value is -2.13. The molecule has 0 unspecified atom stereocenters. The van der Waals surface area contributed by atoms with Gasteiger partial charge in [0.05, 0.1) is 0 Å². The number of hydrogen-bond donors (Lipinski definition) is 1. The van der Waals surface area contributed by atoms with Crippen molar-refractivity contribution in [2.75, 3.05) is 0 Å². The first-order valence-corrected chi connectivity index (χ1v) is 8.82. The number of carbonyl (C=O) groups is 1. The lowest BCUT2D eigenvalue weighted by atomic mass is 9.86. The second kappa shape index (κ2) is 8.30. The highest BCUT2D eigenvalue weighted by atomic mass is 35.5. The highest BCUT2D eigenvalue weighted by Gasteiger charge is 2.12. The molecule has 0 radical (unpaired) electrons. The van der Waals surface area contributed by atoms with Gasteiger partial charge in [-0.2, -0.15) is 5.10 Å². The second-order valence-electron chi connectivity index (χ2n) is 7.25. The van der Waals surface area contributed by atoms with E-state index in [9.17, 15) is 4.79 Å². The Morgan fingerprint density at radius 1 is 1.12 bits per heavy atom. The smallest absolute Gasteiger partial charge is 0.267 e. The molecule has 0 spiro atoms. The summed E-state index contributed by atoms with van der Waals surface area (Å²) in [6.07, 6.45) is 1.69. The highest BCUT2D eigenvalue weighted by molar-refractivity contribution is 6.30. The molecule has 0 fully saturated rings. The molecule has 132 valence electrons. The van der Waals surface area contributed by atoms with Crippen molar-refractivity contribution in [3.8, 4) is 0 Å². The van der Waals surface area contributed by atoms with E-state index >= 15 is 0 Å². The molecule has 4 heteroatoms. The number of amides is 1. The number of nitrogens with one attached hydrogen (secondary N) is 1. The maximum atomic E-state index is 12.0. The van der Waals surface area contributed by atoms with Crippen LogP contribution in [0.1, 0.15) is 55.6 Å². The van der Waals surface area contributed by atoms with E-state index in [-0.39, 0.29) is 11.3 Å². The van der Waals surface area contributed by atoms with Gasteiger partial charge in [-0.15, -0.1) is 0 Å². The summed E-state index contributed by atoms with van der Waals surface area (Å²) in [5, 5.41) is 4.71. The molecule has 0 saturated carbocycles. The Kier molecular flexibility index (Phi) is 6.38. The quantitative estimate of drug-likeness (QED) is 0.567. The lowest BCUT2D eigenvalue weighted by Gasteiger charge is -2.19. The Bertz CT molecular complexity index is 758. The minimum Gasteiger partial charge on any atom is -0.267 e. The number of hydrazone groups is 1. The maximum absolute atomic E-state index is 12.0. The van der Waals surface area contributed by atoms with E-state index in [1.807, 2.05) is 6.92 Å². The van der Waals surface area contributed by atoms with Crippen molar-refractivity contribution < 1.29 is 4.79 Å². The van der Waals surface area contributed by atoms with E-state index < -0.39 is 0 Å². The molecule has 0 aromatic heterocycles. The minimum atomic E-state index is -0.253. The summed E-state index contributed by atoms with van der Waals surface area (Å²) in [5.41, 5.74) is 6.73. The molecular weight excluding hydrogens is 332 g/mol. The van der Waals surface area contributed by atoms with Crippen molar-refractivity contribution in [2.24, 2.45) is 5.10 Å². The van der Waals surface area contributed by atoms with Gasteiger partial charge in [0.2, 0.25) is 0 Å². The largest absolute Gasteiger partial charge is 0.271 e. The first-order valence-electron chi connectivity index (χ1n) is 8.44. The molecule has 0 aliphatic carbocycles. The predicted octanol–water partition coefficient (Wildman–Crippen LogP) is 5.38. The monoisotopic (exact) mass is 356 g/mol. The highest BCUT2D eigenvalue weighted by Crippen LogP contribution is 2.22. The molecule has 1 N–H and O–H groups in total. The summed E-state index contributed by atoms with van der Waals surface area (Å²) < 4.78 is 0. The van der Waals surface area contributed by atoms with Crippen LogP contribution in [0.2, 0.25) is 5.02 Å². The SMILES string of the molecule is C/C(CCc1ccc(C(C)(C)C)cc1)=N\NC(=O)c1cccc(Cl)c1. The summed E-state index contributed by atoms with van der Waals surface area (Å²) >= 11 is 5.89. The van der Waals surface area contributed by atoms with E-state index in [1.165, 1.54) is 11.1 Å². The average Bonchev–Trinajstić information content (AvgIpc) is 2.57. The number of halogens is 1. The first kappa shape index (κ1) is 19.2. The molecular formula is C21H25ClN2O. The van der Waals surface area contributed by atoms with Crippen LogP contribution in [-0.4, -0.2) is 11.6 Å². The Balaban J connectivity index is 1.88. The fourth-order valence-corrected chi connectivity index (χ4v) is 2.58. The number of nitrogens with zero attached hydrogens (tertiary/aromatic N) is 1. The molecule has 2 aromatic rings. The standard InChI is InChI=1S/C21H25ClN2O/c1-15(23-24-20(25)17-6-5-7-19(22)14-17)8-9-16-10-12-18(13-11-16)21(2,3)4/h5-7,10-14H,8-9H2,1-4H3,(H,24,25)/b23-15+. The molecule has 0 bridgehead atoms. The molecule has 0 saturated heterocycles. The van der Waals surface area contributed by atoms with Gasteiger partial charge in [0.1, 0.15) is 0 Å². The molecule has 25 heavy (non-hydrogen) atoms. The minimum absolute atomic E-state index is 0.167. The fourth-order valence-electron chi connectivity index (χ4n) is 2.39. The number of aryl methyl sites for hydroxylation is 1. The van der Waals surface area contributed by atoms with Crippen LogP contribution in [0.25, 0.3) is 0 Å². The van der Waals surface area contributed by atoms with Gasteiger partial charge in [-0.25, -0.2) is 5.43 Å². The third-order valence-electron chi connectivity index (χ3n) is 4.03. The second-order valence-corrected chi connectivity index (χ2v) is 7.68. The molecule has 2 rings (SSSR count). The number of hydrogen-bond acceptors (Lipinski definition) is 2. The normalized spacial score (nSPS) is 12.1. The van der Waals surface area contributed by atoms with Gasteiger partial charge in [0.25, 0.3) is 5.91 Å². The third-order valence-corrected chi connectivity index (χ3v) is 4.27. The van der Waals surface area contributed by atoms with E-state index in [4.69, 9.17) is 11.6 Å². The topological polar surface area (TPSA) is 41.5 Å². The molecule has 3 nitrogen and oxygen atoms in total. The van der Waals surface area contributed by atoms with Crippen LogP contribution >= 0.6 is 11.6 Å². The van der Waals surface area contributed by atoms with Crippen LogP contribution in [0.3, 0.4) is 0 Å². The summed E-state index contributed by atoms with van der Waals surface area (Å²) in [6.45, 7) is 8.55. The molecule has 0 aliphatic heterocycles. The maximum Gasteiger partial charge on any atom is 0.271 e. The van der Waals surface area contributed by atoms with Crippen molar-refractivity contribution >= 4 is 23.2 Å². The van der Waals surface area contributed by atoms with Gasteiger partial charge in [0.15, 0.2) is 0 Å². The van der Waals surface area contributed by atoms with Crippen LogP contribution < -0.4 is 5.43 Å². The lowest BCUT2D eigenvalue weighted by molar-refractivity contribution is 0.0954. The lowest BCUT2D eigenvalue weighted by Crippen LogP contribution is -2.19. The van der Waals surface area contributed by atoms with Crippen LogP contribution in [0.15, 0.2) is 53.6 Å². The Morgan fingerprint density at radius 3 is 2.40 bits per heavy atom. The van der Waals surface area contributed by atoms with E-state index in [1.54, 1.807) is 24.3 Å². The summed E-state index contributed by atoms with van der Waals surface area (Å²) in [4.78, 5) is 12.0. The zero-order chi connectivity index (χ0) is 18.4. The predicted molar refractivity (Wildman–Crippen MR) is 105 cm³/mol. The molecule has 0 atom stereocenters. The summed E-state index contributed by atoms with van der Waals surface area (Å²) in [5.74, 6) is -0.253. The third kappa shape index (κ3) is 6.02. The summed E-state index contributed by atoms with van der Waals surface area (Å²) in [6, 6.07) is 15.5. The van der Waals surface area contributed by atoms with Crippen LogP contribution in [0.4, 0.5) is 0 Å². The van der Waals surface area contributed by atoms with Crippen molar-refractivity contribution in [2.45, 2.75) is 46.0 Å². The Morgan fingerprint density at radius 2 is 1.80 bits per heavy atom. The molecule has 0 heterocycles. The average molecular weight is 357 g/mol. The van der Waals surface area contributed by atoms with Crippen molar-refractivity contribution in [1.82, 2.24) is 5.43 Å². The Labute approximate surface area is 155 Å². The number of rotatable bonds is 5. The van der Waals surface area contributed by atoms with Gasteiger partial charge < -0.3 is 0 Å². The first-order chi connectivity index (χ1) is 11.8. The van der Waals surface area contributed by atoms with Crippen LogP contribution in [0.5, 0.6) is 0 Å². The van der Waals surface area contributed by atoms with Gasteiger partial charge in [-0.1, -0.05) is 62.7 Å². The van der Waals surface area contributed by atoms with E-state index in [0.29, 0.717) is 10.6 Å². The van der Waals surface area contributed by atoms with Gasteiger partial charge in [0, 0.05) is 16.3 Å². The van der Waals surface area contributed by atoms with Gasteiger partial charge in [-0.3, -0.25) is 4.79 Å². The van der Waals surface area contributed by atoms with E-state index in [0.717, 1.165) is 18.6 Å². The number of carbonyl (C=O) groups excluding carboxylic acids is 1. The van der Waals surface area contributed by atoms with Crippen molar-refractivity contribution in [3.63, 3.8) is 0 Å². The molecule has 2 aromatic carbocycles. The zero-order valence-corrected chi connectivity index (χ0v) is 16.0. The number of benzene rings is 2. The molecule has 1 amide bonds. The fraction of sp³-hybridized carbons (Fsp3) is 0.333. The summed E-state index contributed by atoms with van der Waals surface area (Å²) in [7, 11) is 0. The van der Waals surface area contributed by atoms with Gasteiger partial charge >= 0.3 is 0 Å². The van der Waals surface area contributed by atoms with Crippen LogP contribution in [0, 0.1) is 0 Å². The van der Waals surface area contributed by atoms with Crippen LogP contribution in [-0.2, 0) is 11.8 Å².